The number of amides is 1. The van der Waals surface area contributed by atoms with E-state index in [1.165, 1.54) is 0 Å². The van der Waals surface area contributed by atoms with Crippen LogP contribution in [0.25, 0.3) is 0 Å². The Morgan fingerprint density at radius 2 is 2.15 bits per heavy atom. The van der Waals surface area contributed by atoms with Gasteiger partial charge in [-0.3, -0.25) is 0 Å². The van der Waals surface area contributed by atoms with E-state index >= 15 is 0 Å². The van der Waals surface area contributed by atoms with Crippen LogP contribution in [0.4, 0.5) is 4.79 Å². The van der Waals surface area contributed by atoms with E-state index in [9.17, 15) is 4.79 Å². The molecule has 20 heavy (non-hydrogen) atoms. The number of nitrogens with two attached hydrogens (primary N) is 1. The zero-order valence-electron chi connectivity index (χ0n) is 11.7. The molecule has 0 unspecified atom stereocenters. The van der Waals surface area contributed by atoms with Crippen LogP contribution in [0.3, 0.4) is 0 Å². The van der Waals surface area contributed by atoms with Crippen LogP contribution in [-0.4, -0.2) is 43.8 Å². The third kappa shape index (κ3) is 4.51. The summed E-state index contributed by atoms with van der Waals surface area (Å²) in [6, 6.07) is 9.70. The molecule has 1 aliphatic rings. The molecule has 0 bridgehead atoms. The van der Waals surface area contributed by atoms with Gasteiger partial charge in [0.2, 0.25) is 0 Å². The molecule has 0 radical (unpaired) electrons. The molecule has 5 nitrogen and oxygen atoms in total. The van der Waals surface area contributed by atoms with Crippen molar-refractivity contribution in [1.29, 1.82) is 0 Å². The molecule has 0 spiro atoms. The van der Waals surface area contributed by atoms with E-state index < -0.39 is 0 Å². The lowest BCUT2D eigenvalue weighted by molar-refractivity contribution is 0.0916. The van der Waals surface area contributed by atoms with Crippen LogP contribution in [-0.2, 0) is 16.1 Å². The first-order valence-corrected chi connectivity index (χ1v) is 7.03. The number of rotatable bonds is 6. The minimum Gasteiger partial charge on any atom is -0.445 e. The van der Waals surface area contributed by atoms with E-state index in [-0.39, 0.29) is 6.09 Å². The molecule has 1 saturated heterocycles. The average Bonchev–Trinajstić information content (AvgIpc) is 2.95. The van der Waals surface area contributed by atoms with Gasteiger partial charge in [0, 0.05) is 25.6 Å². The van der Waals surface area contributed by atoms with E-state index in [0.29, 0.717) is 38.8 Å². The van der Waals surface area contributed by atoms with Gasteiger partial charge in [0.05, 0.1) is 13.2 Å². The van der Waals surface area contributed by atoms with Crippen molar-refractivity contribution < 1.29 is 14.3 Å². The Morgan fingerprint density at radius 3 is 2.90 bits per heavy atom. The number of hydrogen-bond acceptors (Lipinski definition) is 4. The first-order chi connectivity index (χ1) is 9.79. The molecule has 0 saturated carbocycles. The molecular formula is C15H22N2O3. The Kier molecular flexibility index (Phi) is 5.83. The summed E-state index contributed by atoms with van der Waals surface area (Å²) in [7, 11) is 0. The monoisotopic (exact) mass is 278 g/mol. The summed E-state index contributed by atoms with van der Waals surface area (Å²) < 4.78 is 10.7. The highest BCUT2D eigenvalue weighted by atomic mass is 16.6. The van der Waals surface area contributed by atoms with Crippen LogP contribution in [0.5, 0.6) is 0 Å². The molecule has 2 rings (SSSR count). The quantitative estimate of drug-likeness (QED) is 0.803. The Labute approximate surface area is 119 Å². The van der Waals surface area contributed by atoms with Crippen LogP contribution in [0.2, 0.25) is 0 Å². The third-order valence-corrected chi connectivity index (χ3v) is 3.36. The summed E-state index contributed by atoms with van der Waals surface area (Å²) in [5.74, 6) is 0.394. The lowest BCUT2D eigenvalue weighted by atomic mass is 10.1. The number of carbonyl (C=O) groups excluding carboxylic acids is 1. The van der Waals surface area contributed by atoms with Gasteiger partial charge in [0.25, 0.3) is 0 Å². The van der Waals surface area contributed by atoms with Crippen molar-refractivity contribution in [1.82, 2.24) is 4.90 Å². The molecule has 2 N–H and O–H groups in total. The number of nitrogens with zero attached hydrogens (tertiary/aromatic N) is 1. The maximum Gasteiger partial charge on any atom is 0.410 e. The van der Waals surface area contributed by atoms with Gasteiger partial charge in [0.15, 0.2) is 0 Å². The van der Waals surface area contributed by atoms with Crippen molar-refractivity contribution in [3.05, 3.63) is 35.9 Å². The van der Waals surface area contributed by atoms with Gasteiger partial charge in [0.1, 0.15) is 6.61 Å². The molecule has 1 atom stereocenters. The molecular weight excluding hydrogens is 256 g/mol. The van der Waals surface area contributed by atoms with E-state index in [0.717, 1.165) is 18.5 Å². The Bertz CT molecular complexity index is 411. The lowest BCUT2D eigenvalue weighted by Crippen LogP contribution is -2.30. The Morgan fingerprint density at radius 1 is 1.35 bits per heavy atom. The third-order valence-electron chi connectivity index (χ3n) is 3.36. The average molecular weight is 278 g/mol. The topological polar surface area (TPSA) is 64.8 Å². The minimum absolute atomic E-state index is 0.241. The van der Waals surface area contributed by atoms with Gasteiger partial charge in [-0.1, -0.05) is 30.3 Å². The molecule has 0 aromatic heterocycles. The van der Waals surface area contributed by atoms with Crippen LogP contribution < -0.4 is 5.73 Å². The van der Waals surface area contributed by atoms with E-state index in [1.807, 2.05) is 30.3 Å². The number of carbonyl (C=O) groups is 1. The van der Waals surface area contributed by atoms with Gasteiger partial charge >= 0.3 is 6.09 Å². The van der Waals surface area contributed by atoms with Crippen molar-refractivity contribution in [2.75, 3.05) is 32.8 Å². The molecule has 5 heteroatoms. The number of benzene rings is 1. The molecule has 1 amide bonds. The minimum atomic E-state index is -0.241. The van der Waals surface area contributed by atoms with E-state index in [2.05, 4.69) is 0 Å². The van der Waals surface area contributed by atoms with Gasteiger partial charge in [-0.15, -0.1) is 0 Å². The summed E-state index contributed by atoms with van der Waals surface area (Å²) in [5, 5.41) is 0. The molecule has 1 fully saturated rings. The van der Waals surface area contributed by atoms with Gasteiger partial charge in [-0.2, -0.15) is 0 Å². The summed E-state index contributed by atoms with van der Waals surface area (Å²) in [4.78, 5) is 13.7. The van der Waals surface area contributed by atoms with Crippen LogP contribution >= 0.6 is 0 Å². The van der Waals surface area contributed by atoms with Crippen molar-refractivity contribution in [3.8, 4) is 0 Å². The highest BCUT2D eigenvalue weighted by Crippen LogP contribution is 2.17. The zero-order valence-corrected chi connectivity index (χ0v) is 11.7. The summed E-state index contributed by atoms with van der Waals surface area (Å²) in [6.07, 6.45) is 0.723. The van der Waals surface area contributed by atoms with E-state index in [4.69, 9.17) is 15.2 Å². The SMILES string of the molecule is NCCOC[C@H]1CCN(C(=O)OCc2ccccc2)C1. The predicted octanol–water partition coefficient (Wildman–Crippen LogP) is 1.62. The summed E-state index contributed by atoms with van der Waals surface area (Å²) in [5.41, 5.74) is 6.38. The maximum atomic E-state index is 11.9. The first-order valence-electron chi connectivity index (χ1n) is 7.03. The summed E-state index contributed by atoms with van der Waals surface area (Å²) >= 11 is 0. The van der Waals surface area contributed by atoms with E-state index in [1.54, 1.807) is 4.90 Å². The zero-order chi connectivity index (χ0) is 14.2. The first kappa shape index (κ1) is 14.8. The maximum absolute atomic E-state index is 11.9. The molecule has 1 aromatic carbocycles. The summed E-state index contributed by atoms with van der Waals surface area (Å²) in [6.45, 7) is 3.55. The fourth-order valence-electron chi connectivity index (χ4n) is 2.28. The van der Waals surface area contributed by atoms with Crippen molar-refractivity contribution >= 4 is 6.09 Å². The van der Waals surface area contributed by atoms with Gasteiger partial charge in [-0.25, -0.2) is 4.79 Å². The van der Waals surface area contributed by atoms with Crippen molar-refractivity contribution in [2.24, 2.45) is 11.7 Å². The van der Waals surface area contributed by atoms with Crippen LogP contribution in [0, 0.1) is 5.92 Å². The number of ether oxygens (including phenoxy) is 2. The fraction of sp³-hybridized carbons (Fsp3) is 0.533. The Balaban J connectivity index is 1.69. The van der Waals surface area contributed by atoms with Crippen molar-refractivity contribution in [2.45, 2.75) is 13.0 Å². The second-order valence-corrected chi connectivity index (χ2v) is 5.00. The van der Waals surface area contributed by atoms with Gasteiger partial charge in [-0.05, 0) is 12.0 Å². The van der Waals surface area contributed by atoms with Crippen LogP contribution in [0.1, 0.15) is 12.0 Å². The highest BCUT2D eigenvalue weighted by molar-refractivity contribution is 5.68. The standard InChI is InChI=1S/C15H22N2O3/c16-7-9-19-11-14-6-8-17(10-14)15(18)20-12-13-4-2-1-3-5-13/h1-5,14H,6-12,16H2/t14-/m0/s1. The second-order valence-electron chi connectivity index (χ2n) is 5.00. The van der Waals surface area contributed by atoms with Crippen LogP contribution in [0.15, 0.2) is 30.3 Å². The molecule has 1 aromatic rings. The van der Waals surface area contributed by atoms with Crippen molar-refractivity contribution in [3.63, 3.8) is 0 Å². The molecule has 1 heterocycles. The fourth-order valence-corrected chi connectivity index (χ4v) is 2.28. The molecule has 1 aliphatic heterocycles. The highest BCUT2D eigenvalue weighted by Gasteiger charge is 2.27. The number of hydrogen-bond donors (Lipinski definition) is 1. The largest absolute Gasteiger partial charge is 0.445 e. The molecule has 110 valence electrons. The Hall–Kier alpha value is -1.59. The normalized spacial score (nSPS) is 18.2. The molecule has 0 aliphatic carbocycles. The lowest BCUT2D eigenvalue weighted by Gasteiger charge is -2.16. The van der Waals surface area contributed by atoms with Gasteiger partial charge < -0.3 is 20.1 Å². The predicted molar refractivity (Wildman–Crippen MR) is 76.2 cm³/mol. The number of likely N-dealkylation sites (tertiary alicyclic amines) is 1. The second kappa shape index (κ2) is 7.87. The smallest absolute Gasteiger partial charge is 0.410 e.